The van der Waals surface area contributed by atoms with Crippen LogP contribution in [0, 0.1) is 0 Å². The second-order valence-electron chi connectivity index (χ2n) is 3.30. The highest BCUT2D eigenvalue weighted by atomic mass is 17.2. The highest BCUT2D eigenvalue weighted by molar-refractivity contribution is 5.37. The first-order chi connectivity index (χ1) is 6.40. The van der Waals surface area contributed by atoms with Gasteiger partial charge in [0, 0.05) is 0 Å². The number of hydrogen-bond acceptors (Lipinski definition) is 2. The third-order valence-electron chi connectivity index (χ3n) is 2.36. The Morgan fingerprint density at radius 2 is 2.31 bits per heavy atom. The highest BCUT2D eigenvalue weighted by Gasteiger charge is 2.09. The molecule has 0 spiro atoms. The Morgan fingerprint density at radius 1 is 1.38 bits per heavy atom. The summed E-state index contributed by atoms with van der Waals surface area (Å²) in [5.41, 5.74) is 2.55. The van der Waals surface area contributed by atoms with Gasteiger partial charge in [-0.15, -0.1) is 0 Å². The predicted octanol–water partition coefficient (Wildman–Crippen LogP) is 2.51. The van der Waals surface area contributed by atoms with Gasteiger partial charge >= 0.3 is 0 Å². The lowest BCUT2D eigenvalue weighted by Crippen LogP contribution is -1.96. The van der Waals surface area contributed by atoms with Crippen LogP contribution in [0.5, 0.6) is 5.75 Å². The zero-order valence-electron chi connectivity index (χ0n) is 7.88. The SMILES string of the molecule is CCc1ccc2c(c1)OOCCC2. The number of hydrogen-bond donors (Lipinski definition) is 0. The van der Waals surface area contributed by atoms with Crippen LogP contribution >= 0.6 is 0 Å². The molecule has 0 aromatic heterocycles. The van der Waals surface area contributed by atoms with Crippen LogP contribution in [0.1, 0.15) is 24.5 Å². The van der Waals surface area contributed by atoms with Gasteiger partial charge in [0.1, 0.15) is 0 Å². The summed E-state index contributed by atoms with van der Waals surface area (Å²) >= 11 is 0. The van der Waals surface area contributed by atoms with E-state index in [9.17, 15) is 0 Å². The average Bonchev–Trinajstić information content (AvgIpc) is 2.41. The van der Waals surface area contributed by atoms with Crippen molar-refractivity contribution in [2.45, 2.75) is 26.2 Å². The van der Waals surface area contributed by atoms with Crippen LogP contribution in [-0.4, -0.2) is 6.61 Å². The molecule has 0 aliphatic carbocycles. The molecule has 2 rings (SSSR count). The van der Waals surface area contributed by atoms with Crippen molar-refractivity contribution in [3.63, 3.8) is 0 Å². The van der Waals surface area contributed by atoms with Crippen molar-refractivity contribution >= 4 is 0 Å². The molecule has 2 nitrogen and oxygen atoms in total. The van der Waals surface area contributed by atoms with Crippen LogP contribution in [0.4, 0.5) is 0 Å². The van der Waals surface area contributed by atoms with Gasteiger partial charge in [-0.1, -0.05) is 19.1 Å². The van der Waals surface area contributed by atoms with Gasteiger partial charge in [-0.05, 0) is 36.5 Å². The lowest BCUT2D eigenvalue weighted by molar-refractivity contribution is -0.203. The third kappa shape index (κ3) is 1.83. The maximum Gasteiger partial charge on any atom is 0.168 e. The molecule has 0 bridgehead atoms. The van der Waals surface area contributed by atoms with Crippen LogP contribution in [0.15, 0.2) is 18.2 Å². The molecule has 2 heteroatoms. The smallest absolute Gasteiger partial charge is 0.168 e. The number of rotatable bonds is 1. The summed E-state index contributed by atoms with van der Waals surface area (Å²) in [5, 5.41) is 0. The topological polar surface area (TPSA) is 18.5 Å². The van der Waals surface area contributed by atoms with E-state index in [1.165, 1.54) is 11.1 Å². The summed E-state index contributed by atoms with van der Waals surface area (Å²) in [7, 11) is 0. The quantitative estimate of drug-likeness (QED) is 0.615. The summed E-state index contributed by atoms with van der Waals surface area (Å²) in [6.45, 7) is 2.83. The van der Waals surface area contributed by atoms with Gasteiger partial charge in [-0.3, -0.25) is 0 Å². The van der Waals surface area contributed by atoms with Gasteiger partial charge in [-0.25, -0.2) is 0 Å². The van der Waals surface area contributed by atoms with Gasteiger partial charge in [0.05, 0.1) is 6.61 Å². The van der Waals surface area contributed by atoms with E-state index >= 15 is 0 Å². The monoisotopic (exact) mass is 178 g/mol. The van der Waals surface area contributed by atoms with Crippen molar-refractivity contribution in [1.82, 2.24) is 0 Å². The Labute approximate surface area is 78.4 Å². The fourth-order valence-corrected chi connectivity index (χ4v) is 1.53. The first-order valence-corrected chi connectivity index (χ1v) is 4.81. The Kier molecular flexibility index (Phi) is 2.50. The van der Waals surface area contributed by atoms with Crippen LogP contribution in [0.2, 0.25) is 0 Å². The molecule has 1 aliphatic heterocycles. The standard InChI is InChI=1S/C11H14O2/c1-2-9-5-6-10-4-3-7-12-13-11(10)8-9/h5-6,8H,2-4,7H2,1H3. The zero-order chi connectivity index (χ0) is 9.10. The minimum Gasteiger partial charge on any atom is -0.337 e. The Bertz CT molecular complexity index is 294. The van der Waals surface area contributed by atoms with E-state index in [4.69, 9.17) is 9.78 Å². The molecule has 0 N–H and O–H groups in total. The van der Waals surface area contributed by atoms with Crippen LogP contribution in [0.25, 0.3) is 0 Å². The fraction of sp³-hybridized carbons (Fsp3) is 0.455. The molecule has 0 radical (unpaired) electrons. The normalized spacial score (nSPS) is 15.8. The van der Waals surface area contributed by atoms with E-state index in [2.05, 4.69) is 25.1 Å². The molecule has 0 saturated heterocycles. The molecule has 1 aliphatic rings. The fourth-order valence-electron chi connectivity index (χ4n) is 1.53. The van der Waals surface area contributed by atoms with Crippen LogP contribution in [0.3, 0.4) is 0 Å². The first-order valence-electron chi connectivity index (χ1n) is 4.81. The maximum absolute atomic E-state index is 5.19. The van der Waals surface area contributed by atoms with Gasteiger partial charge in [0.15, 0.2) is 5.75 Å². The lowest BCUT2D eigenvalue weighted by Gasteiger charge is -2.05. The molecule has 1 heterocycles. The highest BCUT2D eigenvalue weighted by Crippen LogP contribution is 2.24. The molecular formula is C11H14O2. The molecule has 0 amide bonds. The van der Waals surface area contributed by atoms with Gasteiger partial charge < -0.3 is 4.89 Å². The summed E-state index contributed by atoms with van der Waals surface area (Å²) < 4.78 is 0. The second kappa shape index (κ2) is 3.79. The molecule has 1 aromatic rings. The summed E-state index contributed by atoms with van der Waals surface area (Å²) in [6.07, 6.45) is 3.13. The number of fused-ring (bicyclic) bond motifs is 1. The molecule has 0 atom stereocenters. The van der Waals surface area contributed by atoms with Gasteiger partial charge in [-0.2, -0.15) is 4.89 Å². The Balaban J connectivity index is 2.32. The second-order valence-corrected chi connectivity index (χ2v) is 3.30. The molecule has 70 valence electrons. The molecule has 0 fully saturated rings. The van der Waals surface area contributed by atoms with Crippen molar-refractivity contribution in [2.75, 3.05) is 6.61 Å². The molecule has 13 heavy (non-hydrogen) atoms. The first kappa shape index (κ1) is 8.57. The molecule has 0 unspecified atom stereocenters. The molecule has 0 saturated carbocycles. The van der Waals surface area contributed by atoms with Crippen molar-refractivity contribution < 1.29 is 9.78 Å². The Morgan fingerprint density at radius 3 is 3.15 bits per heavy atom. The zero-order valence-corrected chi connectivity index (χ0v) is 7.88. The number of benzene rings is 1. The van der Waals surface area contributed by atoms with Gasteiger partial charge in [0.2, 0.25) is 0 Å². The van der Waals surface area contributed by atoms with Crippen molar-refractivity contribution in [3.8, 4) is 5.75 Å². The third-order valence-corrected chi connectivity index (χ3v) is 2.36. The molecular weight excluding hydrogens is 164 g/mol. The van der Waals surface area contributed by atoms with Crippen molar-refractivity contribution in [3.05, 3.63) is 29.3 Å². The summed E-state index contributed by atoms with van der Waals surface area (Å²) in [4.78, 5) is 10.2. The van der Waals surface area contributed by atoms with Crippen LogP contribution in [-0.2, 0) is 17.7 Å². The Hall–Kier alpha value is -1.02. The van der Waals surface area contributed by atoms with E-state index in [0.717, 1.165) is 25.0 Å². The van der Waals surface area contributed by atoms with E-state index in [1.54, 1.807) is 0 Å². The van der Waals surface area contributed by atoms with Crippen LogP contribution < -0.4 is 4.89 Å². The maximum atomic E-state index is 5.19. The summed E-state index contributed by atoms with van der Waals surface area (Å²) in [5.74, 6) is 0.900. The van der Waals surface area contributed by atoms with E-state index in [-0.39, 0.29) is 0 Å². The van der Waals surface area contributed by atoms with E-state index in [0.29, 0.717) is 6.61 Å². The minimum absolute atomic E-state index is 0.691. The predicted molar refractivity (Wildman–Crippen MR) is 50.7 cm³/mol. The average molecular weight is 178 g/mol. The number of aryl methyl sites for hydroxylation is 2. The minimum atomic E-state index is 0.691. The largest absolute Gasteiger partial charge is 0.337 e. The van der Waals surface area contributed by atoms with Crippen molar-refractivity contribution in [2.24, 2.45) is 0 Å². The van der Waals surface area contributed by atoms with Gasteiger partial charge in [0.25, 0.3) is 0 Å². The van der Waals surface area contributed by atoms with E-state index < -0.39 is 0 Å². The summed E-state index contributed by atoms with van der Waals surface area (Å²) in [6, 6.07) is 6.37. The molecule has 1 aromatic carbocycles. The lowest BCUT2D eigenvalue weighted by atomic mass is 10.1. The van der Waals surface area contributed by atoms with E-state index in [1.807, 2.05) is 0 Å². The van der Waals surface area contributed by atoms with Crippen molar-refractivity contribution in [1.29, 1.82) is 0 Å².